The van der Waals surface area contributed by atoms with Crippen LogP contribution in [-0.2, 0) is 0 Å². The molecule has 0 spiro atoms. The van der Waals surface area contributed by atoms with Crippen LogP contribution in [0.25, 0.3) is 11.3 Å². The Balaban J connectivity index is 1.79. The summed E-state index contributed by atoms with van der Waals surface area (Å²) in [4.78, 5) is 9.41. The average molecular weight is 467 g/mol. The molecule has 0 amide bonds. The van der Waals surface area contributed by atoms with E-state index >= 15 is 0 Å². The second-order valence-electron chi connectivity index (χ2n) is 10.8. The molecule has 0 aliphatic rings. The second-order valence-corrected chi connectivity index (χ2v) is 16.4. The van der Waals surface area contributed by atoms with Crippen LogP contribution in [0, 0.1) is 0 Å². The van der Waals surface area contributed by atoms with Gasteiger partial charge in [-0.25, -0.2) is 0 Å². The molecule has 0 N–H and O–H groups in total. The Morgan fingerprint density at radius 1 is 0.618 bits per heavy atom. The lowest BCUT2D eigenvalue weighted by atomic mass is 10.1. The smallest absolute Gasteiger partial charge is 0.151 e. The van der Waals surface area contributed by atoms with Crippen LogP contribution in [0.4, 0.5) is 0 Å². The Labute approximate surface area is 204 Å². The molecule has 0 atom stereocenters. The molecule has 0 radical (unpaired) electrons. The number of ether oxygens (including phenoxy) is 1. The Morgan fingerprint density at radius 2 is 1.24 bits per heavy atom. The van der Waals surface area contributed by atoms with Crippen molar-refractivity contribution in [1.29, 1.82) is 0 Å². The summed E-state index contributed by atoms with van der Waals surface area (Å²) in [6, 6.07) is 29.1. The van der Waals surface area contributed by atoms with Crippen molar-refractivity contribution >= 4 is 18.6 Å². The fraction of sp³-hybridized carbons (Fsp3) is 0.267. The number of hydrogen-bond acceptors (Lipinski definition) is 3. The van der Waals surface area contributed by atoms with Gasteiger partial charge in [-0.2, -0.15) is 0 Å². The van der Waals surface area contributed by atoms with E-state index in [1.807, 2.05) is 60.9 Å². The highest BCUT2D eigenvalue weighted by Gasteiger charge is 2.56. The molecule has 2 aromatic carbocycles. The standard InChI is InChI=1S/C30H34N2OSi/c1-29(2,3)34(30(4,5)6,28-18-8-10-20-32-28)26-16-12-15-25(22-26)33-24-14-11-13-23(21-24)27-17-7-9-19-31-27/h7-22H,1-6H3. The molecule has 4 heteroatoms. The third-order valence-electron chi connectivity index (χ3n) is 6.60. The van der Waals surface area contributed by atoms with E-state index in [0.717, 1.165) is 22.8 Å². The molecule has 4 rings (SSSR count). The number of nitrogens with zero attached hydrogens (tertiary/aromatic N) is 2. The van der Waals surface area contributed by atoms with Gasteiger partial charge in [-0.15, -0.1) is 0 Å². The van der Waals surface area contributed by atoms with Gasteiger partial charge in [0.25, 0.3) is 0 Å². The lowest BCUT2D eigenvalue weighted by Gasteiger charge is -2.51. The van der Waals surface area contributed by atoms with Gasteiger partial charge in [0.15, 0.2) is 8.07 Å². The molecule has 0 bridgehead atoms. The maximum atomic E-state index is 6.41. The summed E-state index contributed by atoms with van der Waals surface area (Å²) in [5, 5.41) is 2.63. The van der Waals surface area contributed by atoms with Gasteiger partial charge in [0.05, 0.1) is 5.69 Å². The monoisotopic (exact) mass is 466 g/mol. The van der Waals surface area contributed by atoms with Crippen LogP contribution in [0.2, 0.25) is 10.1 Å². The first-order chi connectivity index (χ1) is 16.1. The van der Waals surface area contributed by atoms with Crippen LogP contribution in [0.5, 0.6) is 11.5 Å². The zero-order valence-corrected chi connectivity index (χ0v) is 22.0. The summed E-state index contributed by atoms with van der Waals surface area (Å²) < 4.78 is 6.41. The van der Waals surface area contributed by atoms with Crippen molar-refractivity contribution < 1.29 is 4.74 Å². The molecule has 174 valence electrons. The second kappa shape index (κ2) is 9.19. The molecule has 3 nitrogen and oxygen atoms in total. The molecule has 0 saturated carbocycles. The first-order valence-electron chi connectivity index (χ1n) is 11.8. The number of rotatable bonds is 5. The van der Waals surface area contributed by atoms with E-state index in [4.69, 9.17) is 9.72 Å². The fourth-order valence-electron chi connectivity index (χ4n) is 5.67. The first-order valence-corrected chi connectivity index (χ1v) is 13.8. The summed E-state index contributed by atoms with van der Waals surface area (Å²) in [6.07, 6.45) is 3.74. The van der Waals surface area contributed by atoms with Gasteiger partial charge in [-0.05, 0) is 63.8 Å². The highest BCUT2D eigenvalue weighted by atomic mass is 28.3. The zero-order chi connectivity index (χ0) is 24.4. The van der Waals surface area contributed by atoms with Gasteiger partial charge in [-0.1, -0.05) is 77.9 Å². The van der Waals surface area contributed by atoms with Crippen LogP contribution in [0.3, 0.4) is 0 Å². The van der Waals surface area contributed by atoms with E-state index in [9.17, 15) is 0 Å². The van der Waals surface area contributed by atoms with Gasteiger partial charge < -0.3 is 4.74 Å². The van der Waals surface area contributed by atoms with Crippen molar-refractivity contribution in [2.24, 2.45) is 0 Å². The van der Waals surface area contributed by atoms with E-state index in [-0.39, 0.29) is 10.1 Å². The number of hydrogen-bond donors (Lipinski definition) is 0. The molecular weight excluding hydrogens is 432 g/mol. The van der Waals surface area contributed by atoms with Gasteiger partial charge in [0, 0.05) is 23.3 Å². The molecule has 0 unspecified atom stereocenters. The minimum Gasteiger partial charge on any atom is -0.457 e. The summed E-state index contributed by atoms with van der Waals surface area (Å²) in [5.41, 5.74) is 1.97. The minimum absolute atomic E-state index is 0.0388. The van der Waals surface area contributed by atoms with E-state index < -0.39 is 8.07 Å². The maximum Gasteiger partial charge on any atom is 0.151 e. The normalized spacial score (nSPS) is 12.4. The predicted molar refractivity (Wildman–Crippen MR) is 145 cm³/mol. The van der Waals surface area contributed by atoms with E-state index in [0.29, 0.717) is 0 Å². The topological polar surface area (TPSA) is 35.0 Å². The van der Waals surface area contributed by atoms with Crippen molar-refractivity contribution in [2.75, 3.05) is 0 Å². The lowest BCUT2D eigenvalue weighted by Crippen LogP contribution is -2.70. The predicted octanol–water partition coefficient (Wildman–Crippen LogP) is 7.10. The highest BCUT2D eigenvalue weighted by molar-refractivity contribution is 7.05. The lowest BCUT2D eigenvalue weighted by molar-refractivity contribution is 0.483. The Morgan fingerprint density at radius 3 is 1.82 bits per heavy atom. The van der Waals surface area contributed by atoms with Crippen molar-refractivity contribution in [3.05, 3.63) is 97.3 Å². The van der Waals surface area contributed by atoms with E-state index in [1.165, 1.54) is 10.5 Å². The summed E-state index contributed by atoms with van der Waals surface area (Å²) in [6.45, 7) is 14.2. The number of benzene rings is 2. The van der Waals surface area contributed by atoms with Crippen LogP contribution < -0.4 is 15.2 Å². The highest BCUT2D eigenvalue weighted by Crippen LogP contribution is 2.50. The van der Waals surface area contributed by atoms with Crippen molar-refractivity contribution in [3.8, 4) is 22.8 Å². The molecule has 0 fully saturated rings. The first kappa shape index (κ1) is 23.9. The van der Waals surface area contributed by atoms with Crippen LogP contribution in [0.1, 0.15) is 41.5 Å². The summed E-state index contributed by atoms with van der Waals surface area (Å²) >= 11 is 0. The molecule has 0 aliphatic carbocycles. The maximum absolute atomic E-state index is 6.41. The van der Waals surface area contributed by atoms with Crippen LogP contribution >= 0.6 is 0 Å². The third-order valence-corrected chi connectivity index (χ3v) is 13.3. The average Bonchev–Trinajstić information content (AvgIpc) is 2.79. The van der Waals surface area contributed by atoms with E-state index in [2.05, 4.69) is 82.9 Å². The Kier molecular flexibility index (Phi) is 6.46. The Hall–Kier alpha value is -3.24. The molecule has 0 saturated heterocycles. The van der Waals surface area contributed by atoms with Gasteiger partial charge in [0.2, 0.25) is 0 Å². The number of pyridine rings is 2. The zero-order valence-electron chi connectivity index (χ0n) is 21.0. The summed E-state index contributed by atoms with van der Waals surface area (Å²) in [5.74, 6) is 1.65. The number of aromatic nitrogens is 2. The fourth-order valence-corrected chi connectivity index (χ4v) is 12.8. The van der Waals surface area contributed by atoms with Crippen LogP contribution in [0.15, 0.2) is 97.3 Å². The minimum atomic E-state index is -2.36. The summed E-state index contributed by atoms with van der Waals surface area (Å²) in [7, 11) is -2.36. The molecule has 2 heterocycles. The molecular formula is C30H34N2OSi. The quantitative estimate of drug-likeness (QED) is 0.294. The van der Waals surface area contributed by atoms with E-state index in [1.54, 1.807) is 0 Å². The Bertz CT molecular complexity index is 1230. The van der Waals surface area contributed by atoms with Crippen molar-refractivity contribution in [1.82, 2.24) is 9.97 Å². The van der Waals surface area contributed by atoms with Crippen LogP contribution in [-0.4, -0.2) is 18.0 Å². The molecule has 2 aromatic heterocycles. The molecule has 4 aromatic rings. The largest absolute Gasteiger partial charge is 0.457 e. The molecule has 0 aliphatic heterocycles. The molecule has 34 heavy (non-hydrogen) atoms. The van der Waals surface area contributed by atoms with Gasteiger partial charge in [-0.3, -0.25) is 9.97 Å². The third kappa shape index (κ3) is 4.43. The van der Waals surface area contributed by atoms with Gasteiger partial charge in [0.1, 0.15) is 11.5 Å². The van der Waals surface area contributed by atoms with Gasteiger partial charge >= 0.3 is 0 Å². The SMILES string of the molecule is CC(C)(C)[Si](c1cccc(Oc2cccc(-c3ccccn3)c2)c1)(c1ccccn1)C(C)(C)C. The van der Waals surface area contributed by atoms with Crippen molar-refractivity contribution in [2.45, 2.75) is 51.6 Å². The van der Waals surface area contributed by atoms with Crippen molar-refractivity contribution in [3.63, 3.8) is 0 Å².